The minimum atomic E-state index is -0.0390. The number of halogens is 1. The third-order valence-corrected chi connectivity index (χ3v) is 2.58. The lowest BCUT2D eigenvalue weighted by Gasteiger charge is -2.08. The topological polar surface area (TPSA) is 25.8 Å². The molecular weight excluding hydrogens is 208 g/mol. The van der Waals surface area contributed by atoms with Gasteiger partial charge in [0.1, 0.15) is 0 Å². The number of hydrogen-bond acceptors (Lipinski definition) is 2. The van der Waals surface area contributed by atoms with Crippen LogP contribution in [0.5, 0.6) is 0 Å². The molecule has 1 aromatic carbocycles. The van der Waals surface area contributed by atoms with Crippen LogP contribution in [0.2, 0.25) is 0 Å². The number of rotatable bonds is 3. The molecule has 0 amide bonds. The molecule has 3 heteroatoms. The third kappa shape index (κ3) is 2.77. The van der Waals surface area contributed by atoms with Crippen LogP contribution in [0.3, 0.4) is 0 Å². The van der Waals surface area contributed by atoms with Gasteiger partial charge in [0.15, 0.2) is 0 Å². The molecule has 0 aliphatic heterocycles. The van der Waals surface area contributed by atoms with Crippen LogP contribution in [0.4, 0.5) is 0 Å². The summed E-state index contributed by atoms with van der Waals surface area (Å²) in [6.07, 6.45) is 2.37. The molecule has 15 heavy (non-hydrogen) atoms. The summed E-state index contributed by atoms with van der Waals surface area (Å²) in [6.45, 7) is 0. The minimum Gasteiger partial charge on any atom is -0.159 e. The Hall–Kier alpha value is -1.41. The summed E-state index contributed by atoms with van der Waals surface area (Å²) in [5.74, 6) is 0. The van der Waals surface area contributed by atoms with E-state index in [1.807, 2.05) is 42.5 Å². The van der Waals surface area contributed by atoms with Crippen LogP contribution < -0.4 is 0 Å². The van der Waals surface area contributed by atoms with Crippen LogP contribution in [0.15, 0.2) is 48.7 Å². The summed E-state index contributed by atoms with van der Waals surface area (Å²) in [6, 6.07) is 13.8. The fourth-order valence-electron chi connectivity index (χ4n) is 1.41. The molecule has 1 atom stereocenters. The van der Waals surface area contributed by atoms with Crippen LogP contribution in [-0.2, 0) is 6.42 Å². The first-order valence-corrected chi connectivity index (χ1v) is 5.25. The number of nitrogens with zero attached hydrogens (tertiary/aromatic N) is 2. The number of aromatic nitrogens is 2. The maximum Gasteiger partial charge on any atom is 0.0649 e. The third-order valence-electron chi connectivity index (χ3n) is 2.18. The Labute approximate surface area is 93.9 Å². The molecule has 0 N–H and O–H groups in total. The summed E-state index contributed by atoms with van der Waals surface area (Å²) < 4.78 is 0. The van der Waals surface area contributed by atoms with Crippen molar-refractivity contribution in [1.29, 1.82) is 0 Å². The highest BCUT2D eigenvalue weighted by Gasteiger charge is 2.08. The van der Waals surface area contributed by atoms with Gasteiger partial charge in [0.05, 0.1) is 11.1 Å². The molecule has 76 valence electrons. The van der Waals surface area contributed by atoms with Crippen LogP contribution >= 0.6 is 11.6 Å². The molecule has 1 unspecified atom stereocenters. The van der Waals surface area contributed by atoms with E-state index in [1.165, 1.54) is 0 Å². The summed E-state index contributed by atoms with van der Waals surface area (Å²) in [5.41, 5.74) is 2.03. The molecular formula is C12H11ClN2. The van der Waals surface area contributed by atoms with Crippen molar-refractivity contribution in [2.45, 2.75) is 11.8 Å². The van der Waals surface area contributed by atoms with E-state index >= 15 is 0 Å². The van der Waals surface area contributed by atoms with E-state index < -0.39 is 0 Å². The van der Waals surface area contributed by atoms with Crippen molar-refractivity contribution in [3.05, 3.63) is 59.9 Å². The van der Waals surface area contributed by atoms with E-state index in [0.29, 0.717) is 6.42 Å². The van der Waals surface area contributed by atoms with Crippen molar-refractivity contribution in [3.63, 3.8) is 0 Å². The van der Waals surface area contributed by atoms with Crippen molar-refractivity contribution in [1.82, 2.24) is 10.2 Å². The highest BCUT2D eigenvalue weighted by Crippen LogP contribution is 2.23. The largest absolute Gasteiger partial charge is 0.159 e. The summed E-state index contributed by atoms with van der Waals surface area (Å²) in [4.78, 5) is 0. The summed E-state index contributed by atoms with van der Waals surface area (Å²) in [7, 11) is 0. The number of hydrogen-bond donors (Lipinski definition) is 0. The maximum absolute atomic E-state index is 6.27. The number of alkyl halides is 1. The van der Waals surface area contributed by atoms with Gasteiger partial charge in [0.25, 0.3) is 0 Å². The van der Waals surface area contributed by atoms with E-state index in [2.05, 4.69) is 10.2 Å². The van der Waals surface area contributed by atoms with Crippen LogP contribution in [-0.4, -0.2) is 10.2 Å². The Morgan fingerprint density at radius 1 is 1.07 bits per heavy atom. The van der Waals surface area contributed by atoms with Crippen molar-refractivity contribution >= 4 is 11.6 Å². The molecule has 0 spiro atoms. The lowest BCUT2D eigenvalue weighted by molar-refractivity contribution is 0.837. The van der Waals surface area contributed by atoms with Gasteiger partial charge in [-0.2, -0.15) is 10.2 Å². The van der Waals surface area contributed by atoms with E-state index in [1.54, 1.807) is 6.20 Å². The molecule has 0 saturated heterocycles. The highest BCUT2D eigenvalue weighted by atomic mass is 35.5. The van der Waals surface area contributed by atoms with Gasteiger partial charge < -0.3 is 0 Å². The Morgan fingerprint density at radius 3 is 2.53 bits per heavy atom. The average Bonchev–Trinajstić information content (AvgIpc) is 2.31. The first-order chi connectivity index (χ1) is 7.36. The molecule has 0 saturated carbocycles. The van der Waals surface area contributed by atoms with Crippen LogP contribution in [0, 0.1) is 0 Å². The van der Waals surface area contributed by atoms with Crippen molar-refractivity contribution in [2.24, 2.45) is 0 Å². The zero-order chi connectivity index (χ0) is 10.5. The maximum atomic E-state index is 6.27. The Kier molecular flexibility index (Phi) is 3.30. The van der Waals surface area contributed by atoms with Crippen LogP contribution in [0.1, 0.15) is 16.6 Å². The van der Waals surface area contributed by atoms with Gasteiger partial charge >= 0.3 is 0 Å². The van der Waals surface area contributed by atoms with Crippen molar-refractivity contribution < 1.29 is 0 Å². The number of benzene rings is 1. The molecule has 2 aromatic rings. The summed E-state index contributed by atoms with van der Waals surface area (Å²) in [5, 5.41) is 7.79. The van der Waals surface area contributed by atoms with E-state index in [0.717, 1.165) is 11.3 Å². The lowest BCUT2D eigenvalue weighted by atomic mass is 10.1. The molecule has 0 fully saturated rings. The second-order valence-corrected chi connectivity index (χ2v) is 3.82. The fourth-order valence-corrected chi connectivity index (χ4v) is 1.71. The van der Waals surface area contributed by atoms with E-state index in [9.17, 15) is 0 Å². The molecule has 1 aromatic heterocycles. The second-order valence-electron chi connectivity index (χ2n) is 3.30. The standard InChI is InChI=1S/C12H11ClN2/c13-12(10-5-2-1-3-6-10)9-11-7-4-8-14-15-11/h1-8,12H,9H2. The molecule has 1 heterocycles. The highest BCUT2D eigenvalue weighted by molar-refractivity contribution is 6.20. The quantitative estimate of drug-likeness (QED) is 0.741. The lowest BCUT2D eigenvalue weighted by Crippen LogP contribution is -1.98. The molecule has 0 aliphatic rings. The Balaban J connectivity index is 2.08. The van der Waals surface area contributed by atoms with Gasteiger partial charge in [-0.1, -0.05) is 30.3 Å². The molecule has 0 aliphatic carbocycles. The van der Waals surface area contributed by atoms with Gasteiger partial charge in [-0.25, -0.2) is 0 Å². The fraction of sp³-hybridized carbons (Fsp3) is 0.167. The van der Waals surface area contributed by atoms with Gasteiger partial charge in [-0.15, -0.1) is 11.6 Å². The summed E-state index contributed by atoms with van der Waals surface area (Å²) >= 11 is 6.27. The zero-order valence-corrected chi connectivity index (χ0v) is 8.93. The first kappa shape index (κ1) is 10.1. The van der Waals surface area contributed by atoms with Gasteiger partial charge in [-0.05, 0) is 17.7 Å². The molecule has 0 radical (unpaired) electrons. The van der Waals surface area contributed by atoms with E-state index in [4.69, 9.17) is 11.6 Å². The minimum absolute atomic E-state index is 0.0390. The van der Waals surface area contributed by atoms with E-state index in [-0.39, 0.29) is 5.38 Å². The van der Waals surface area contributed by atoms with Gasteiger partial charge in [0, 0.05) is 12.6 Å². The van der Waals surface area contributed by atoms with Gasteiger partial charge in [0.2, 0.25) is 0 Å². The second kappa shape index (κ2) is 4.89. The Bertz CT molecular complexity index is 402. The molecule has 0 bridgehead atoms. The van der Waals surface area contributed by atoms with Crippen LogP contribution in [0.25, 0.3) is 0 Å². The normalized spacial score (nSPS) is 12.3. The van der Waals surface area contributed by atoms with Crippen molar-refractivity contribution in [3.8, 4) is 0 Å². The van der Waals surface area contributed by atoms with Gasteiger partial charge in [-0.3, -0.25) is 0 Å². The monoisotopic (exact) mass is 218 g/mol. The first-order valence-electron chi connectivity index (χ1n) is 4.82. The predicted molar refractivity (Wildman–Crippen MR) is 60.8 cm³/mol. The SMILES string of the molecule is ClC(Cc1cccnn1)c1ccccc1. The smallest absolute Gasteiger partial charge is 0.0649 e. The molecule has 2 nitrogen and oxygen atoms in total. The van der Waals surface area contributed by atoms with Crippen molar-refractivity contribution in [2.75, 3.05) is 0 Å². The zero-order valence-electron chi connectivity index (χ0n) is 8.18. The Morgan fingerprint density at radius 2 is 1.87 bits per heavy atom. The molecule has 2 rings (SSSR count). The predicted octanol–water partition coefficient (Wildman–Crippen LogP) is 3.00. The average molecular weight is 219 g/mol.